The van der Waals surface area contributed by atoms with Crippen LogP contribution in [0.25, 0.3) is 110 Å². The van der Waals surface area contributed by atoms with Crippen molar-refractivity contribution >= 4 is 76.2 Å². The summed E-state index contributed by atoms with van der Waals surface area (Å²) in [5, 5.41) is 11.8. The van der Waals surface area contributed by atoms with Crippen molar-refractivity contribution in [1.82, 2.24) is 0 Å². The maximum atomic E-state index is 6.65. The second-order valence-corrected chi connectivity index (χ2v) is 13.1. The lowest BCUT2D eigenvalue weighted by atomic mass is 9.84. The van der Waals surface area contributed by atoms with Gasteiger partial charge >= 0.3 is 0 Å². The SMILES string of the molecule is c1cc(-c2c3ccccc3c(-c3cccc4ccccc34)c3ccccc23)cc(-c2cc3oc4ccccc4c3c3oc4ccccc4c23)c1. The minimum Gasteiger partial charge on any atom is -0.456 e. The van der Waals surface area contributed by atoms with Crippen LogP contribution >= 0.6 is 0 Å². The minimum atomic E-state index is 0.827. The number of hydrogen-bond donors (Lipinski definition) is 0. The lowest BCUT2D eigenvalue weighted by Crippen LogP contribution is -1.92. The van der Waals surface area contributed by atoms with Crippen LogP contribution in [0.5, 0.6) is 0 Å². The Labute approximate surface area is 287 Å². The molecule has 232 valence electrons. The molecule has 2 heterocycles. The fourth-order valence-corrected chi connectivity index (χ4v) is 8.34. The molecule has 9 aromatic carbocycles. The molecule has 0 bridgehead atoms. The first-order valence-corrected chi connectivity index (χ1v) is 17.1. The van der Waals surface area contributed by atoms with Crippen molar-refractivity contribution in [3.63, 3.8) is 0 Å². The summed E-state index contributed by atoms with van der Waals surface area (Å²) in [6.45, 7) is 0. The molecule has 0 aliphatic heterocycles. The number of fused-ring (bicyclic) bond motifs is 10. The zero-order valence-electron chi connectivity index (χ0n) is 27.0. The number of benzene rings is 9. The van der Waals surface area contributed by atoms with Crippen LogP contribution in [0.1, 0.15) is 0 Å². The van der Waals surface area contributed by atoms with Crippen LogP contribution in [-0.2, 0) is 0 Å². The summed E-state index contributed by atoms with van der Waals surface area (Å²) in [7, 11) is 0. The van der Waals surface area contributed by atoms with Gasteiger partial charge in [0.1, 0.15) is 22.3 Å². The first-order chi connectivity index (χ1) is 24.8. The van der Waals surface area contributed by atoms with E-state index in [1.54, 1.807) is 0 Å². The normalized spacial score (nSPS) is 12.0. The largest absolute Gasteiger partial charge is 0.456 e. The molecule has 0 N–H and O–H groups in total. The van der Waals surface area contributed by atoms with E-state index in [4.69, 9.17) is 8.83 Å². The summed E-state index contributed by atoms with van der Waals surface area (Å²) in [6, 6.07) is 60.9. The third-order valence-electron chi connectivity index (χ3n) is 10.4. The molecule has 0 unspecified atom stereocenters. The molecule has 11 aromatic rings. The Balaban J connectivity index is 1.22. The van der Waals surface area contributed by atoms with E-state index in [0.29, 0.717) is 0 Å². The molecule has 0 aliphatic rings. The highest BCUT2D eigenvalue weighted by atomic mass is 16.3. The molecule has 0 saturated heterocycles. The fraction of sp³-hybridized carbons (Fsp3) is 0. The molecular weight excluding hydrogens is 609 g/mol. The summed E-state index contributed by atoms with van der Waals surface area (Å²) in [5.41, 5.74) is 10.6. The van der Waals surface area contributed by atoms with Crippen LogP contribution < -0.4 is 0 Å². The molecule has 0 radical (unpaired) electrons. The van der Waals surface area contributed by atoms with Gasteiger partial charge in [-0.05, 0) is 90.0 Å². The quantitative estimate of drug-likeness (QED) is 0.180. The van der Waals surface area contributed by atoms with Gasteiger partial charge in [-0.3, -0.25) is 0 Å². The van der Waals surface area contributed by atoms with Crippen LogP contribution in [0.15, 0.2) is 179 Å². The van der Waals surface area contributed by atoms with Crippen LogP contribution in [0.3, 0.4) is 0 Å². The molecule has 0 saturated carbocycles. The monoisotopic (exact) mass is 636 g/mol. The van der Waals surface area contributed by atoms with E-state index in [9.17, 15) is 0 Å². The second-order valence-electron chi connectivity index (χ2n) is 13.1. The van der Waals surface area contributed by atoms with E-state index in [0.717, 1.165) is 55.0 Å². The maximum Gasteiger partial charge on any atom is 0.147 e. The van der Waals surface area contributed by atoms with Gasteiger partial charge in [-0.1, -0.05) is 146 Å². The number of hydrogen-bond acceptors (Lipinski definition) is 2. The van der Waals surface area contributed by atoms with Crippen LogP contribution in [0, 0.1) is 0 Å². The smallest absolute Gasteiger partial charge is 0.147 e. The summed E-state index contributed by atoms with van der Waals surface area (Å²) in [6.07, 6.45) is 0. The number of para-hydroxylation sites is 2. The summed E-state index contributed by atoms with van der Waals surface area (Å²) in [4.78, 5) is 0. The molecule has 0 spiro atoms. The van der Waals surface area contributed by atoms with E-state index in [2.05, 4.69) is 152 Å². The van der Waals surface area contributed by atoms with Gasteiger partial charge in [-0.2, -0.15) is 0 Å². The molecule has 0 atom stereocenters. The molecular formula is C48H28O2. The van der Waals surface area contributed by atoms with Gasteiger partial charge in [-0.15, -0.1) is 0 Å². The van der Waals surface area contributed by atoms with E-state index in [1.165, 1.54) is 54.6 Å². The zero-order valence-corrected chi connectivity index (χ0v) is 27.0. The summed E-state index contributed by atoms with van der Waals surface area (Å²) in [5.74, 6) is 0. The highest BCUT2D eigenvalue weighted by Gasteiger charge is 2.22. The van der Waals surface area contributed by atoms with Gasteiger partial charge in [0, 0.05) is 16.2 Å². The van der Waals surface area contributed by atoms with Crippen molar-refractivity contribution in [3.05, 3.63) is 170 Å². The molecule has 2 aromatic heterocycles. The van der Waals surface area contributed by atoms with E-state index >= 15 is 0 Å². The van der Waals surface area contributed by atoms with Gasteiger partial charge in [0.15, 0.2) is 0 Å². The summed E-state index contributed by atoms with van der Waals surface area (Å²) < 4.78 is 13.1. The maximum absolute atomic E-state index is 6.65. The second kappa shape index (κ2) is 10.4. The van der Waals surface area contributed by atoms with E-state index < -0.39 is 0 Å². The highest BCUT2D eigenvalue weighted by molar-refractivity contribution is 6.27. The van der Waals surface area contributed by atoms with E-state index in [1.807, 2.05) is 18.2 Å². The standard InChI is InChI=1S/C48H28O2/c1-2-17-32-29(13-1)14-12-24-33(32)45-36-20-5-3-18-34(36)44(35-19-4-6-21-37(35)45)31-16-11-15-30(27-31)40-28-43-47(39-23-8-9-25-41(39)49-43)48-46(40)38-22-7-10-26-42(38)50-48/h1-28H. The third kappa shape index (κ3) is 3.85. The Morgan fingerprint density at radius 3 is 1.54 bits per heavy atom. The lowest BCUT2D eigenvalue weighted by Gasteiger charge is -2.19. The third-order valence-corrected chi connectivity index (χ3v) is 10.4. The van der Waals surface area contributed by atoms with Crippen LogP contribution in [-0.4, -0.2) is 0 Å². The molecule has 0 fully saturated rings. The Morgan fingerprint density at radius 1 is 0.300 bits per heavy atom. The fourth-order valence-electron chi connectivity index (χ4n) is 8.34. The molecule has 2 nitrogen and oxygen atoms in total. The molecule has 11 rings (SSSR count). The number of furan rings is 2. The predicted octanol–water partition coefficient (Wildman–Crippen LogP) is 13.9. The number of rotatable bonds is 3. The predicted molar refractivity (Wildman–Crippen MR) is 210 cm³/mol. The van der Waals surface area contributed by atoms with Gasteiger partial charge in [0.2, 0.25) is 0 Å². The molecule has 0 aliphatic carbocycles. The van der Waals surface area contributed by atoms with Crippen molar-refractivity contribution in [3.8, 4) is 33.4 Å². The van der Waals surface area contributed by atoms with Crippen molar-refractivity contribution in [2.24, 2.45) is 0 Å². The van der Waals surface area contributed by atoms with Crippen molar-refractivity contribution in [1.29, 1.82) is 0 Å². The average Bonchev–Trinajstić information content (AvgIpc) is 3.75. The van der Waals surface area contributed by atoms with Gasteiger partial charge in [0.05, 0.1) is 5.39 Å². The Bertz CT molecular complexity index is 3090. The van der Waals surface area contributed by atoms with Crippen molar-refractivity contribution < 1.29 is 8.83 Å². The van der Waals surface area contributed by atoms with Crippen molar-refractivity contribution in [2.45, 2.75) is 0 Å². The Kier molecular flexibility index (Phi) is 5.70. The molecule has 2 heteroatoms. The van der Waals surface area contributed by atoms with Gasteiger partial charge < -0.3 is 8.83 Å². The average molecular weight is 637 g/mol. The van der Waals surface area contributed by atoms with E-state index in [-0.39, 0.29) is 0 Å². The van der Waals surface area contributed by atoms with Gasteiger partial charge in [0.25, 0.3) is 0 Å². The van der Waals surface area contributed by atoms with Crippen LogP contribution in [0.2, 0.25) is 0 Å². The Morgan fingerprint density at radius 2 is 0.820 bits per heavy atom. The topological polar surface area (TPSA) is 26.3 Å². The summed E-state index contributed by atoms with van der Waals surface area (Å²) >= 11 is 0. The minimum absolute atomic E-state index is 0.827. The van der Waals surface area contributed by atoms with Crippen molar-refractivity contribution in [2.75, 3.05) is 0 Å². The first-order valence-electron chi connectivity index (χ1n) is 17.1. The Hall–Kier alpha value is -6.64. The van der Waals surface area contributed by atoms with Crippen LogP contribution in [0.4, 0.5) is 0 Å². The van der Waals surface area contributed by atoms with Gasteiger partial charge in [-0.25, -0.2) is 0 Å². The lowest BCUT2D eigenvalue weighted by molar-refractivity contribution is 0.663. The highest BCUT2D eigenvalue weighted by Crippen LogP contribution is 2.48. The molecule has 0 amide bonds. The zero-order chi connectivity index (χ0) is 32.8. The first kappa shape index (κ1) is 27.3. The molecule has 50 heavy (non-hydrogen) atoms.